The molecule has 0 aromatic heterocycles. The van der Waals surface area contributed by atoms with Gasteiger partial charge in [0.05, 0.1) is 34.3 Å². The molecule has 0 bridgehead atoms. The standard InChI is InChI=1S/C24H16Cl3NO5/c1-33-19-8-5-13(25)10-16(19)22(30)20-21(12-3-2-4-15(29)9-12)28(24(32)23(20)31)14-6-7-17(26)18(27)11-14/h2-11,21,29-30H,1H3/b22-20+. The number of amides is 1. The number of hydrogen-bond acceptors (Lipinski definition) is 5. The summed E-state index contributed by atoms with van der Waals surface area (Å²) in [5, 5.41) is 22.1. The van der Waals surface area contributed by atoms with Gasteiger partial charge in [0.15, 0.2) is 0 Å². The minimum atomic E-state index is -1.07. The van der Waals surface area contributed by atoms with Gasteiger partial charge in [0.2, 0.25) is 0 Å². The Bertz CT molecular complexity index is 1320. The molecule has 0 saturated carbocycles. The van der Waals surface area contributed by atoms with Crippen LogP contribution in [0.3, 0.4) is 0 Å². The minimum absolute atomic E-state index is 0.0763. The second-order valence-corrected chi connectivity index (χ2v) is 8.46. The van der Waals surface area contributed by atoms with Crippen molar-refractivity contribution in [1.29, 1.82) is 0 Å². The monoisotopic (exact) mass is 503 g/mol. The molecule has 168 valence electrons. The summed E-state index contributed by atoms with van der Waals surface area (Å²) in [5.74, 6) is -2.10. The quantitative estimate of drug-likeness (QED) is 0.259. The average molecular weight is 505 g/mol. The number of phenolic OH excluding ortho intramolecular Hbond substituents is 1. The summed E-state index contributed by atoms with van der Waals surface area (Å²) < 4.78 is 5.31. The van der Waals surface area contributed by atoms with Crippen molar-refractivity contribution in [3.63, 3.8) is 0 Å². The summed E-state index contributed by atoms with van der Waals surface area (Å²) in [6.45, 7) is 0. The molecule has 9 heteroatoms. The zero-order valence-corrected chi connectivity index (χ0v) is 19.3. The van der Waals surface area contributed by atoms with E-state index in [-0.39, 0.29) is 38.4 Å². The Kier molecular flexibility index (Phi) is 6.26. The average Bonchev–Trinajstić information content (AvgIpc) is 3.06. The number of ether oxygens (including phenoxy) is 1. The highest BCUT2D eigenvalue weighted by Crippen LogP contribution is 2.45. The van der Waals surface area contributed by atoms with Gasteiger partial charge in [-0.15, -0.1) is 0 Å². The lowest BCUT2D eigenvalue weighted by Crippen LogP contribution is -2.29. The van der Waals surface area contributed by atoms with Crippen LogP contribution in [0, 0.1) is 0 Å². The van der Waals surface area contributed by atoms with E-state index in [1.807, 2.05) is 0 Å². The Hall–Kier alpha value is -3.19. The molecule has 1 aliphatic rings. The van der Waals surface area contributed by atoms with Crippen molar-refractivity contribution in [2.75, 3.05) is 12.0 Å². The third kappa shape index (κ3) is 4.13. The van der Waals surface area contributed by atoms with Gasteiger partial charge in [-0.25, -0.2) is 0 Å². The first-order valence-electron chi connectivity index (χ1n) is 9.61. The predicted octanol–water partition coefficient (Wildman–Crippen LogP) is 5.99. The van der Waals surface area contributed by atoms with Crippen LogP contribution >= 0.6 is 34.8 Å². The summed E-state index contributed by atoms with van der Waals surface area (Å²) in [6.07, 6.45) is 0. The van der Waals surface area contributed by atoms with Gasteiger partial charge in [0.25, 0.3) is 11.7 Å². The molecule has 1 amide bonds. The molecule has 1 saturated heterocycles. The van der Waals surface area contributed by atoms with Crippen LogP contribution in [-0.2, 0) is 9.59 Å². The molecular formula is C24H16Cl3NO5. The van der Waals surface area contributed by atoms with Gasteiger partial charge in [-0.05, 0) is 54.1 Å². The lowest BCUT2D eigenvalue weighted by atomic mass is 9.94. The van der Waals surface area contributed by atoms with Gasteiger partial charge in [0.1, 0.15) is 17.3 Å². The zero-order valence-electron chi connectivity index (χ0n) is 17.1. The maximum absolute atomic E-state index is 13.2. The van der Waals surface area contributed by atoms with Gasteiger partial charge >= 0.3 is 0 Å². The molecule has 33 heavy (non-hydrogen) atoms. The Morgan fingerprint density at radius 1 is 0.970 bits per heavy atom. The first kappa shape index (κ1) is 23.0. The highest BCUT2D eigenvalue weighted by atomic mass is 35.5. The second kappa shape index (κ2) is 8.98. The van der Waals surface area contributed by atoms with Crippen molar-refractivity contribution in [1.82, 2.24) is 0 Å². The fourth-order valence-electron chi connectivity index (χ4n) is 3.75. The number of hydrogen-bond donors (Lipinski definition) is 2. The largest absolute Gasteiger partial charge is 0.508 e. The van der Waals surface area contributed by atoms with Crippen molar-refractivity contribution >= 4 is 57.9 Å². The number of nitrogens with zero attached hydrogens (tertiary/aromatic N) is 1. The van der Waals surface area contributed by atoms with Crippen molar-refractivity contribution in [2.24, 2.45) is 0 Å². The number of aliphatic hydroxyl groups is 1. The maximum Gasteiger partial charge on any atom is 0.300 e. The minimum Gasteiger partial charge on any atom is -0.508 e. The van der Waals surface area contributed by atoms with E-state index in [9.17, 15) is 19.8 Å². The van der Waals surface area contributed by atoms with Gasteiger partial charge in [0, 0.05) is 10.7 Å². The molecule has 0 radical (unpaired) electrons. The van der Waals surface area contributed by atoms with Crippen LogP contribution in [0.15, 0.2) is 66.2 Å². The van der Waals surface area contributed by atoms with Gasteiger partial charge in [-0.1, -0.05) is 46.9 Å². The molecule has 2 N–H and O–H groups in total. The molecule has 1 fully saturated rings. The highest BCUT2D eigenvalue weighted by molar-refractivity contribution is 6.52. The number of aliphatic hydroxyl groups excluding tert-OH is 1. The number of phenols is 1. The van der Waals surface area contributed by atoms with E-state index in [1.165, 1.54) is 54.5 Å². The van der Waals surface area contributed by atoms with E-state index in [2.05, 4.69) is 0 Å². The first-order chi connectivity index (χ1) is 15.7. The SMILES string of the molecule is COc1ccc(Cl)cc1/C(O)=C1\C(=O)C(=O)N(c2ccc(Cl)c(Cl)c2)C1c1cccc(O)c1. The fraction of sp³-hybridized carbons (Fsp3) is 0.0833. The molecule has 1 heterocycles. The Labute approximate surface area is 204 Å². The number of Topliss-reactive ketones (excluding diaryl/α,β-unsaturated/α-hetero) is 1. The summed E-state index contributed by atoms with van der Waals surface area (Å²) in [6, 6.07) is 14.0. The van der Waals surface area contributed by atoms with Crippen LogP contribution < -0.4 is 9.64 Å². The lowest BCUT2D eigenvalue weighted by molar-refractivity contribution is -0.132. The van der Waals surface area contributed by atoms with E-state index in [4.69, 9.17) is 39.5 Å². The summed E-state index contributed by atoms with van der Waals surface area (Å²) in [7, 11) is 1.40. The molecule has 0 aliphatic carbocycles. The zero-order chi connectivity index (χ0) is 23.9. The summed E-state index contributed by atoms with van der Waals surface area (Å²) in [5.41, 5.74) is 0.624. The Morgan fingerprint density at radius 2 is 1.73 bits per heavy atom. The van der Waals surface area contributed by atoms with Crippen LogP contribution in [0.2, 0.25) is 15.1 Å². The van der Waals surface area contributed by atoms with Crippen molar-refractivity contribution in [3.05, 3.63) is 92.4 Å². The second-order valence-electron chi connectivity index (χ2n) is 7.21. The number of anilines is 1. The van der Waals surface area contributed by atoms with Gasteiger partial charge < -0.3 is 14.9 Å². The smallest absolute Gasteiger partial charge is 0.300 e. The van der Waals surface area contributed by atoms with Crippen LogP contribution in [0.1, 0.15) is 17.2 Å². The van der Waals surface area contributed by atoms with E-state index in [0.29, 0.717) is 10.6 Å². The predicted molar refractivity (Wildman–Crippen MR) is 127 cm³/mol. The summed E-state index contributed by atoms with van der Waals surface area (Å²) in [4.78, 5) is 27.6. The van der Waals surface area contributed by atoms with Crippen LogP contribution in [0.25, 0.3) is 5.76 Å². The van der Waals surface area contributed by atoms with E-state index >= 15 is 0 Å². The van der Waals surface area contributed by atoms with Crippen molar-refractivity contribution in [3.8, 4) is 11.5 Å². The number of ketones is 1. The van der Waals surface area contributed by atoms with Crippen molar-refractivity contribution in [2.45, 2.75) is 6.04 Å². The number of benzene rings is 3. The van der Waals surface area contributed by atoms with Crippen LogP contribution in [0.4, 0.5) is 5.69 Å². The number of carbonyl (C=O) groups excluding carboxylic acids is 2. The van der Waals surface area contributed by atoms with E-state index < -0.39 is 23.5 Å². The number of aromatic hydroxyl groups is 1. The third-order valence-corrected chi connectivity index (χ3v) is 6.20. The fourth-order valence-corrected chi connectivity index (χ4v) is 4.22. The molecule has 0 spiro atoms. The lowest BCUT2D eigenvalue weighted by Gasteiger charge is -2.26. The number of carbonyl (C=O) groups is 2. The van der Waals surface area contributed by atoms with Crippen LogP contribution in [0.5, 0.6) is 11.5 Å². The number of halogens is 3. The Morgan fingerprint density at radius 3 is 2.39 bits per heavy atom. The molecule has 1 aliphatic heterocycles. The van der Waals surface area contributed by atoms with Crippen molar-refractivity contribution < 1.29 is 24.5 Å². The van der Waals surface area contributed by atoms with E-state index in [0.717, 1.165) is 0 Å². The Balaban J connectivity index is 2.00. The maximum atomic E-state index is 13.2. The number of methoxy groups -OCH3 is 1. The molecule has 1 atom stereocenters. The highest BCUT2D eigenvalue weighted by Gasteiger charge is 2.47. The molecular weight excluding hydrogens is 489 g/mol. The van der Waals surface area contributed by atoms with Gasteiger partial charge in [-0.2, -0.15) is 0 Å². The topological polar surface area (TPSA) is 87.1 Å². The van der Waals surface area contributed by atoms with Crippen LogP contribution in [-0.4, -0.2) is 29.0 Å². The summed E-state index contributed by atoms with van der Waals surface area (Å²) >= 11 is 18.3. The molecule has 3 aromatic rings. The normalized spacial score (nSPS) is 17.5. The molecule has 6 nitrogen and oxygen atoms in total. The molecule has 4 rings (SSSR count). The van der Waals surface area contributed by atoms with E-state index in [1.54, 1.807) is 18.2 Å². The third-order valence-electron chi connectivity index (χ3n) is 5.23. The molecule has 3 aromatic carbocycles. The molecule has 1 unspecified atom stereocenters. The first-order valence-corrected chi connectivity index (χ1v) is 10.7. The number of rotatable bonds is 4. The van der Waals surface area contributed by atoms with Gasteiger partial charge in [-0.3, -0.25) is 14.5 Å².